The van der Waals surface area contributed by atoms with Gasteiger partial charge in [0.05, 0.1) is 22.1 Å². The van der Waals surface area contributed by atoms with Gasteiger partial charge in [-0.1, -0.05) is 218 Å². The molecule has 1 aliphatic carbocycles. The molecule has 0 bridgehead atoms. The topological polar surface area (TPSA) is 8.17 Å². The molecule has 2 nitrogen and oxygen atoms in total. The van der Waals surface area contributed by atoms with E-state index in [2.05, 4.69) is 276 Å². The molecule has 1 atom stereocenters. The number of rotatable bonds is 6. The maximum absolute atomic E-state index is 2.52. The maximum Gasteiger partial charge on any atom is 0.0754 e. The highest BCUT2D eigenvalue weighted by molar-refractivity contribution is 6.13. The summed E-state index contributed by atoms with van der Waals surface area (Å²) < 4.78 is 2.52. The molecule has 1 spiro atoms. The smallest absolute Gasteiger partial charge is 0.0754 e. The lowest BCUT2D eigenvalue weighted by Gasteiger charge is -2.39. The van der Waals surface area contributed by atoms with Crippen molar-refractivity contribution in [1.82, 2.24) is 4.57 Å². The van der Waals surface area contributed by atoms with Crippen LogP contribution in [0.5, 0.6) is 0 Å². The molecule has 2 aliphatic rings. The Morgan fingerprint density at radius 2 is 0.704 bits per heavy atom. The Hall–Kier alpha value is -9.24. The second-order valence-corrected chi connectivity index (χ2v) is 19.1. The lowest BCUT2D eigenvalue weighted by molar-refractivity contribution is 0.748. The van der Waals surface area contributed by atoms with Crippen molar-refractivity contribution in [2.45, 2.75) is 5.41 Å². The lowest BCUT2D eigenvalue weighted by Crippen LogP contribution is -2.33. The molecule has 0 N–H and O–H groups in total. The predicted molar refractivity (Wildman–Crippen MR) is 298 cm³/mol. The van der Waals surface area contributed by atoms with Gasteiger partial charge in [-0.25, -0.2) is 0 Å². The third-order valence-electron chi connectivity index (χ3n) is 15.6. The Morgan fingerprint density at radius 1 is 0.282 bits per heavy atom. The van der Waals surface area contributed by atoms with Crippen molar-refractivity contribution in [2.24, 2.45) is 0 Å². The highest BCUT2D eigenvalue weighted by atomic mass is 15.1. The molecule has 2 heterocycles. The first-order valence-corrected chi connectivity index (χ1v) is 24.7. The van der Waals surface area contributed by atoms with E-state index in [0.717, 1.165) is 17.1 Å². The van der Waals surface area contributed by atoms with Crippen LogP contribution in [0.4, 0.5) is 17.1 Å². The van der Waals surface area contributed by atoms with Crippen molar-refractivity contribution in [1.29, 1.82) is 0 Å². The van der Waals surface area contributed by atoms with Crippen LogP contribution in [0.3, 0.4) is 0 Å². The van der Waals surface area contributed by atoms with E-state index < -0.39 is 5.41 Å². The van der Waals surface area contributed by atoms with Gasteiger partial charge >= 0.3 is 0 Å². The van der Waals surface area contributed by atoms with Crippen molar-refractivity contribution in [3.63, 3.8) is 0 Å². The summed E-state index contributed by atoms with van der Waals surface area (Å²) in [6.07, 6.45) is 0. The minimum absolute atomic E-state index is 0.504. The Kier molecular flexibility index (Phi) is 8.61. The number of aromatic nitrogens is 1. The molecule has 1 aliphatic heterocycles. The van der Waals surface area contributed by atoms with Crippen LogP contribution < -0.4 is 4.90 Å². The van der Waals surface area contributed by atoms with E-state index in [-0.39, 0.29) is 0 Å². The number of nitrogens with zero attached hydrogens (tertiary/aromatic N) is 2. The molecule has 2 heteroatoms. The van der Waals surface area contributed by atoms with E-state index in [1.165, 1.54) is 116 Å². The van der Waals surface area contributed by atoms with Gasteiger partial charge in [-0.05, 0) is 137 Å². The van der Waals surface area contributed by atoms with E-state index >= 15 is 0 Å². The van der Waals surface area contributed by atoms with Crippen molar-refractivity contribution in [3.05, 3.63) is 289 Å². The van der Waals surface area contributed by atoms with Crippen molar-refractivity contribution < 1.29 is 0 Å². The van der Waals surface area contributed by atoms with Gasteiger partial charge in [0, 0.05) is 27.8 Å². The minimum Gasteiger partial charge on any atom is -0.311 e. The van der Waals surface area contributed by atoms with Crippen LogP contribution in [0, 0.1) is 0 Å². The van der Waals surface area contributed by atoms with Crippen LogP contribution in [-0.2, 0) is 5.41 Å². The van der Waals surface area contributed by atoms with E-state index in [1.807, 2.05) is 0 Å². The monoisotopic (exact) mass is 900 g/mol. The van der Waals surface area contributed by atoms with Gasteiger partial charge in [0.1, 0.15) is 0 Å². The number of hydrogen-bond acceptors (Lipinski definition) is 1. The molecule has 0 saturated carbocycles. The van der Waals surface area contributed by atoms with Crippen LogP contribution >= 0.6 is 0 Å². The molecule has 0 amide bonds. The highest BCUT2D eigenvalue weighted by Gasteiger charge is 2.51. The van der Waals surface area contributed by atoms with E-state index in [1.54, 1.807) is 0 Å². The summed E-state index contributed by atoms with van der Waals surface area (Å²) in [5, 5.41) is 7.58. The molecule has 0 fully saturated rings. The first kappa shape index (κ1) is 39.7. The number of hydrogen-bond donors (Lipinski definition) is 0. The SMILES string of the molecule is c1ccc2c(c1)-c1c(-c3ccc(N(c4ccc(-c5cccc6ccccc56)cc4)c4ccc(-c5cccc6ccccc56)cc4)cc3)cccc1C21c2ccccc2-n2c3ccccc3c3cccc1c32. The van der Waals surface area contributed by atoms with Crippen molar-refractivity contribution in [2.75, 3.05) is 4.90 Å². The maximum atomic E-state index is 2.52. The quantitative estimate of drug-likeness (QED) is 0.161. The van der Waals surface area contributed by atoms with E-state index in [9.17, 15) is 0 Å². The largest absolute Gasteiger partial charge is 0.311 e. The Morgan fingerprint density at radius 3 is 1.35 bits per heavy atom. The second kappa shape index (κ2) is 15.4. The van der Waals surface area contributed by atoms with Gasteiger partial charge in [0.15, 0.2) is 0 Å². The molecule has 13 aromatic rings. The van der Waals surface area contributed by atoms with Gasteiger partial charge in [-0.2, -0.15) is 0 Å². The van der Waals surface area contributed by atoms with Crippen LogP contribution in [0.1, 0.15) is 22.3 Å². The number of fused-ring (bicyclic) bond motifs is 14. The highest BCUT2D eigenvalue weighted by Crippen LogP contribution is 2.62. The number of anilines is 3. The minimum atomic E-state index is -0.504. The summed E-state index contributed by atoms with van der Waals surface area (Å²) in [6, 6.07) is 99.0. The van der Waals surface area contributed by atoms with Gasteiger partial charge in [-0.15, -0.1) is 0 Å². The van der Waals surface area contributed by atoms with Gasteiger partial charge in [-0.3, -0.25) is 0 Å². The van der Waals surface area contributed by atoms with E-state index in [4.69, 9.17) is 0 Å². The molecular formula is C69H44N2. The second-order valence-electron chi connectivity index (χ2n) is 19.1. The van der Waals surface area contributed by atoms with Crippen LogP contribution in [0.15, 0.2) is 267 Å². The van der Waals surface area contributed by atoms with Crippen molar-refractivity contribution >= 4 is 60.4 Å². The predicted octanol–water partition coefficient (Wildman–Crippen LogP) is 18.2. The normalized spacial score (nSPS) is 14.3. The van der Waals surface area contributed by atoms with Crippen LogP contribution in [-0.4, -0.2) is 4.57 Å². The fourth-order valence-corrected chi connectivity index (χ4v) is 12.6. The van der Waals surface area contributed by atoms with Crippen molar-refractivity contribution in [3.8, 4) is 50.2 Å². The molecule has 0 radical (unpaired) electrons. The molecule has 71 heavy (non-hydrogen) atoms. The van der Waals surface area contributed by atoms with E-state index in [0.29, 0.717) is 0 Å². The fraction of sp³-hybridized carbons (Fsp3) is 0.0145. The molecular weight excluding hydrogens is 857 g/mol. The summed E-state index contributed by atoms with van der Waals surface area (Å²) in [5.74, 6) is 0. The fourth-order valence-electron chi connectivity index (χ4n) is 12.6. The van der Waals surface area contributed by atoms with Gasteiger partial charge in [0.25, 0.3) is 0 Å². The summed E-state index contributed by atoms with van der Waals surface area (Å²) >= 11 is 0. The van der Waals surface area contributed by atoms with Crippen LogP contribution in [0.2, 0.25) is 0 Å². The standard InChI is InChI=1S/C69H44N2/c1-3-19-53-45(15-1)17-11-23-55(53)47-33-39-50(40-34-47)70(51-41-35-48(36-42-51)56-24-12-18-46-16-2-4-20-54(46)56)52-43-37-49(38-44-52)57-25-13-29-63-67(57)60-22-5-7-27-61(60)69(63)62-28-8-10-32-66(62)71-65-31-9-6-21-58(65)59-26-14-30-64(69)68(59)71/h1-44H. The molecule has 330 valence electrons. The number of benzene rings is 12. The zero-order valence-electron chi connectivity index (χ0n) is 38.8. The zero-order valence-corrected chi connectivity index (χ0v) is 38.8. The summed E-state index contributed by atoms with van der Waals surface area (Å²) in [6.45, 7) is 0. The molecule has 12 aromatic carbocycles. The Bertz CT molecular complexity index is 4140. The van der Waals surface area contributed by atoms with Gasteiger partial charge < -0.3 is 9.47 Å². The molecule has 15 rings (SSSR count). The zero-order chi connectivity index (χ0) is 46.6. The Labute approximate surface area is 412 Å². The Balaban J connectivity index is 0.879. The number of para-hydroxylation sites is 3. The summed E-state index contributed by atoms with van der Waals surface area (Å²) in [4.78, 5) is 2.39. The lowest BCUT2D eigenvalue weighted by atomic mass is 9.65. The first-order chi connectivity index (χ1) is 35.2. The average Bonchev–Trinajstić information content (AvgIpc) is 3.95. The third kappa shape index (κ3) is 5.71. The molecule has 1 aromatic heterocycles. The molecule has 1 unspecified atom stereocenters. The first-order valence-electron chi connectivity index (χ1n) is 24.7. The summed E-state index contributed by atoms with van der Waals surface area (Å²) in [5.41, 5.74) is 21.7. The van der Waals surface area contributed by atoms with Crippen LogP contribution in [0.25, 0.3) is 93.5 Å². The van der Waals surface area contributed by atoms with Gasteiger partial charge in [0.2, 0.25) is 0 Å². The summed E-state index contributed by atoms with van der Waals surface area (Å²) in [7, 11) is 0. The third-order valence-corrected chi connectivity index (χ3v) is 15.6. The average molecular weight is 901 g/mol. The molecule has 0 saturated heterocycles.